The van der Waals surface area contributed by atoms with Crippen molar-refractivity contribution in [3.05, 3.63) is 0 Å². The van der Waals surface area contributed by atoms with Gasteiger partial charge in [-0.2, -0.15) is 0 Å². The Hall–Kier alpha value is -1.14. The molecular weight excluding hydrogens is 360 g/mol. The number of carbonyl (C=O) groups excluding carboxylic acids is 2. The predicted molar refractivity (Wildman–Crippen MR) is 106 cm³/mol. The number of esters is 2. The summed E-state index contributed by atoms with van der Waals surface area (Å²) in [5, 5.41) is 0. The van der Waals surface area contributed by atoms with Crippen molar-refractivity contribution in [2.75, 3.05) is 13.2 Å². The molecular formula is C22H38O6. The van der Waals surface area contributed by atoms with Gasteiger partial charge in [0.2, 0.25) is 0 Å². The Bertz CT molecular complexity index is 482. The topological polar surface area (TPSA) is 71.1 Å². The molecule has 162 valence electrons. The minimum absolute atomic E-state index is 0.00537. The number of rotatable bonds is 6. The van der Waals surface area contributed by atoms with E-state index in [4.69, 9.17) is 18.9 Å². The van der Waals surface area contributed by atoms with Crippen molar-refractivity contribution in [1.82, 2.24) is 0 Å². The summed E-state index contributed by atoms with van der Waals surface area (Å²) in [6, 6.07) is 0. The first-order valence-corrected chi connectivity index (χ1v) is 10.6. The number of hydrogen-bond donors (Lipinski definition) is 0. The minimum Gasteiger partial charge on any atom is -0.458 e. The molecule has 0 aromatic rings. The maximum atomic E-state index is 12.0. The van der Waals surface area contributed by atoms with Crippen LogP contribution in [0.25, 0.3) is 0 Å². The van der Waals surface area contributed by atoms with Gasteiger partial charge in [-0.05, 0) is 79.1 Å². The second-order valence-corrected chi connectivity index (χ2v) is 10.1. The van der Waals surface area contributed by atoms with Gasteiger partial charge in [0.05, 0.1) is 12.2 Å². The Balaban J connectivity index is 1.86. The molecule has 0 spiro atoms. The van der Waals surface area contributed by atoms with Gasteiger partial charge in [0, 0.05) is 0 Å². The summed E-state index contributed by atoms with van der Waals surface area (Å²) in [7, 11) is 0. The Morgan fingerprint density at radius 1 is 0.679 bits per heavy atom. The summed E-state index contributed by atoms with van der Waals surface area (Å²) in [5.41, 5.74) is -0.998. The fourth-order valence-corrected chi connectivity index (χ4v) is 4.39. The number of ether oxygens (including phenoxy) is 4. The zero-order valence-electron chi connectivity index (χ0n) is 18.4. The highest BCUT2D eigenvalue weighted by atomic mass is 16.6. The van der Waals surface area contributed by atoms with Crippen LogP contribution in [0.4, 0.5) is 0 Å². The van der Waals surface area contributed by atoms with Crippen molar-refractivity contribution in [1.29, 1.82) is 0 Å². The summed E-state index contributed by atoms with van der Waals surface area (Å²) >= 11 is 0. The van der Waals surface area contributed by atoms with E-state index in [1.165, 1.54) is 0 Å². The third-order valence-electron chi connectivity index (χ3n) is 5.23. The van der Waals surface area contributed by atoms with Gasteiger partial charge < -0.3 is 18.9 Å². The second-order valence-electron chi connectivity index (χ2n) is 10.1. The molecule has 6 heteroatoms. The molecule has 0 amide bonds. The molecule has 0 aliphatic heterocycles. The van der Waals surface area contributed by atoms with Crippen molar-refractivity contribution >= 4 is 11.9 Å². The van der Waals surface area contributed by atoms with Gasteiger partial charge in [-0.25, -0.2) is 9.59 Å². The van der Waals surface area contributed by atoms with Crippen LogP contribution >= 0.6 is 0 Å². The average Bonchev–Trinajstić information content (AvgIpc) is 2.55. The standard InChI is InChI=1S/C22H38O6/c1-21(2,3)27-19(23)13-25-17-11-7-10-16-15(17)9-8-12-18(16)26-14-20(24)28-22(4,5)6/h15-18H,7-14H2,1-6H3. The summed E-state index contributed by atoms with van der Waals surface area (Å²) in [5.74, 6) is 0.105. The molecule has 0 N–H and O–H groups in total. The maximum absolute atomic E-state index is 12.0. The minimum atomic E-state index is -0.499. The molecule has 0 bridgehead atoms. The average molecular weight is 399 g/mol. The lowest BCUT2D eigenvalue weighted by Gasteiger charge is -2.45. The summed E-state index contributed by atoms with van der Waals surface area (Å²) in [4.78, 5) is 24.0. The van der Waals surface area contributed by atoms with Crippen LogP contribution in [0.1, 0.15) is 80.1 Å². The van der Waals surface area contributed by atoms with Crippen molar-refractivity contribution in [2.24, 2.45) is 11.8 Å². The Labute approximate surface area is 169 Å². The van der Waals surface area contributed by atoms with Gasteiger partial charge in [0.1, 0.15) is 24.4 Å². The van der Waals surface area contributed by atoms with Gasteiger partial charge >= 0.3 is 11.9 Å². The van der Waals surface area contributed by atoms with Crippen LogP contribution in [0.15, 0.2) is 0 Å². The molecule has 4 unspecified atom stereocenters. The maximum Gasteiger partial charge on any atom is 0.332 e. The molecule has 2 rings (SSSR count). The van der Waals surface area contributed by atoms with Gasteiger partial charge in [0.25, 0.3) is 0 Å². The van der Waals surface area contributed by atoms with Crippen LogP contribution in [0, 0.1) is 11.8 Å². The zero-order chi connectivity index (χ0) is 20.9. The fraction of sp³-hybridized carbons (Fsp3) is 0.909. The third-order valence-corrected chi connectivity index (χ3v) is 5.23. The quantitative estimate of drug-likeness (QED) is 0.629. The van der Waals surface area contributed by atoms with E-state index in [-0.39, 0.29) is 37.4 Å². The molecule has 4 atom stereocenters. The van der Waals surface area contributed by atoms with E-state index in [1.807, 2.05) is 41.5 Å². The lowest BCUT2D eigenvalue weighted by atomic mass is 9.68. The third kappa shape index (κ3) is 7.70. The largest absolute Gasteiger partial charge is 0.458 e. The summed E-state index contributed by atoms with van der Waals surface area (Å²) in [6.45, 7) is 11.1. The van der Waals surface area contributed by atoms with Crippen molar-refractivity contribution < 1.29 is 28.5 Å². The van der Waals surface area contributed by atoms with Crippen LogP contribution in [0.3, 0.4) is 0 Å². The van der Waals surface area contributed by atoms with Gasteiger partial charge in [0.15, 0.2) is 0 Å². The summed E-state index contributed by atoms with van der Waals surface area (Å²) in [6.07, 6.45) is 6.29. The van der Waals surface area contributed by atoms with Crippen molar-refractivity contribution in [2.45, 2.75) is 103 Å². The van der Waals surface area contributed by atoms with E-state index in [1.54, 1.807) is 0 Å². The summed E-state index contributed by atoms with van der Waals surface area (Å²) < 4.78 is 22.7. The zero-order valence-corrected chi connectivity index (χ0v) is 18.4. The van der Waals surface area contributed by atoms with Gasteiger partial charge in [-0.3, -0.25) is 0 Å². The van der Waals surface area contributed by atoms with E-state index in [2.05, 4.69) is 0 Å². The van der Waals surface area contributed by atoms with E-state index < -0.39 is 11.2 Å². The molecule has 2 saturated carbocycles. The van der Waals surface area contributed by atoms with Gasteiger partial charge in [-0.15, -0.1) is 0 Å². The first kappa shape index (κ1) is 23.1. The molecule has 0 radical (unpaired) electrons. The molecule has 0 aromatic heterocycles. The molecule has 0 saturated heterocycles. The SMILES string of the molecule is CC(C)(C)OC(=O)COC1CCCC2C(OCC(=O)OC(C)(C)C)CCCC12. The lowest BCUT2D eigenvalue weighted by molar-refractivity contribution is -0.172. The Morgan fingerprint density at radius 2 is 1.04 bits per heavy atom. The highest BCUT2D eigenvalue weighted by Crippen LogP contribution is 2.43. The molecule has 28 heavy (non-hydrogen) atoms. The molecule has 2 fully saturated rings. The second kappa shape index (κ2) is 9.57. The highest BCUT2D eigenvalue weighted by molar-refractivity contribution is 5.71. The Kier molecular flexibility index (Phi) is 7.91. The first-order chi connectivity index (χ1) is 12.9. The van der Waals surface area contributed by atoms with Crippen molar-refractivity contribution in [3.63, 3.8) is 0 Å². The highest BCUT2D eigenvalue weighted by Gasteiger charge is 2.41. The number of fused-ring (bicyclic) bond motifs is 1. The molecule has 0 aromatic carbocycles. The smallest absolute Gasteiger partial charge is 0.332 e. The van der Waals surface area contributed by atoms with E-state index in [9.17, 15) is 9.59 Å². The molecule has 0 heterocycles. The normalized spacial score (nSPS) is 28.4. The van der Waals surface area contributed by atoms with Gasteiger partial charge in [-0.1, -0.05) is 12.8 Å². The van der Waals surface area contributed by atoms with Crippen LogP contribution in [-0.4, -0.2) is 48.6 Å². The molecule has 2 aliphatic carbocycles. The molecule has 6 nitrogen and oxygen atoms in total. The fourth-order valence-electron chi connectivity index (χ4n) is 4.39. The molecule has 2 aliphatic rings. The van der Waals surface area contributed by atoms with Crippen LogP contribution in [0.5, 0.6) is 0 Å². The predicted octanol–water partition coefficient (Wildman–Crippen LogP) is 4.04. The lowest BCUT2D eigenvalue weighted by Crippen LogP contribution is -2.45. The van der Waals surface area contributed by atoms with E-state index in [0.29, 0.717) is 11.8 Å². The monoisotopic (exact) mass is 398 g/mol. The van der Waals surface area contributed by atoms with Crippen LogP contribution in [0.2, 0.25) is 0 Å². The van der Waals surface area contributed by atoms with Crippen LogP contribution < -0.4 is 0 Å². The van der Waals surface area contributed by atoms with Crippen LogP contribution in [-0.2, 0) is 28.5 Å². The van der Waals surface area contributed by atoms with E-state index >= 15 is 0 Å². The van der Waals surface area contributed by atoms with E-state index in [0.717, 1.165) is 38.5 Å². The number of carbonyl (C=O) groups is 2. The first-order valence-electron chi connectivity index (χ1n) is 10.6. The Morgan fingerprint density at radius 3 is 1.36 bits per heavy atom. The van der Waals surface area contributed by atoms with Crippen molar-refractivity contribution in [3.8, 4) is 0 Å². The number of hydrogen-bond acceptors (Lipinski definition) is 6.